The number of aromatic nitrogens is 2. The summed E-state index contributed by atoms with van der Waals surface area (Å²) in [6.45, 7) is 0.962. The first-order valence-corrected chi connectivity index (χ1v) is 5.37. The van der Waals surface area contributed by atoms with Gasteiger partial charge in [0.25, 0.3) is 5.56 Å². The van der Waals surface area contributed by atoms with Gasteiger partial charge < -0.3 is 10.3 Å². The molecule has 2 rings (SSSR count). The predicted molar refractivity (Wildman–Crippen MR) is 52.9 cm³/mol. The number of aromatic amines is 1. The van der Waals surface area contributed by atoms with E-state index >= 15 is 0 Å². The molecule has 0 aromatic carbocycles. The molecule has 4 nitrogen and oxygen atoms in total. The summed E-state index contributed by atoms with van der Waals surface area (Å²) in [7, 11) is 0. The van der Waals surface area contributed by atoms with Gasteiger partial charge in [-0.05, 0) is 0 Å². The minimum absolute atomic E-state index is 0.0324. The highest BCUT2D eigenvalue weighted by Crippen LogP contribution is 2.17. The van der Waals surface area contributed by atoms with Crippen molar-refractivity contribution in [3.63, 3.8) is 0 Å². The first-order chi connectivity index (χ1) is 6.38. The summed E-state index contributed by atoms with van der Waals surface area (Å²) in [5.74, 6) is 2.07. The molecule has 1 unspecified atom stereocenters. The van der Waals surface area contributed by atoms with E-state index in [1.54, 1.807) is 6.20 Å². The van der Waals surface area contributed by atoms with Crippen molar-refractivity contribution in [3.8, 4) is 0 Å². The van der Waals surface area contributed by atoms with Crippen LogP contribution in [0.1, 0.15) is 11.6 Å². The predicted octanol–water partition coefficient (Wildman–Crippen LogP) is 0.147. The Hall–Kier alpha value is -0.810. The highest BCUT2D eigenvalue weighted by atomic mass is 32.2. The number of rotatable bonds is 1. The van der Waals surface area contributed by atoms with E-state index in [9.17, 15) is 4.79 Å². The van der Waals surface area contributed by atoms with Gasteiger partial charge in [-0.25, -0.2) is 4.98 Å². The zero-order valence-corrected chi connectivity index (χ0v) is 7.93. The maximum absolute atomic E-state index is 11.4. The number of hydrogen-bond donors (Lipinski definition) is 2. The van der Waals surface area contributed by atoms with Crippen LogP contribution in [-0.2, 0) is 0 Å². The average molecular weight is 197 g/mol. The Morgan fingerprint density at radius 3 is 3.23 bits per heavy atom. The van der Waals surface area contributed by atoms with Gasteiger partial charge in [0.15, 0.2) is 0 Å². The minimum Gasteiger partial charge on any atom is -0.313 e. The van der Waals surface area contributed by atoms with Gasteiger partial charge in [-0.2, -0.15) is 11.8 Å². The second-order valence-corrected chi connectivity index (χ2v) is 4.07. The summed E-state index contributed by atoms with van der Waals surface area (Å²) in [4.78, 5) is 17.9. The van der Waals surface area contributed by atoms with E-state index in [1.165, 1.54) is 6.33 Å². The van der Waals surface area contributed by atoms with Crippen molar-refractivity contribution in [2.45, 2.75) is 6.04 Å². The van der Waals surface area contributed by atoms with Crippen LogP contribution in [0.3, 0.4) is 0 Å². The summed E-state index contributed by atoms with van der Waals surface area (Å²) in [6.07, 6.45) is 3.06. The fourth-order valence-corrected chi connectivity index (χ4v) is 2.33. The van der Waals surface area contributed by atoms with E-state index in [4.69, 9.17) is 0 Å². The lowest BCUT2D eigenvalue weighted by Crippen LogP contribution is -2.34. The number of nitrogens with one attached hydrogen (secondary N) is 2. The molecule has 0 spiro atoms. The molecule has 2 N–H and O–H groups in total. The van der Waals surface area contributed by atoms with Gasteiger partial charge in [-0.15, -0.1) is 0 Å². The van der Waals surface area contributed by atoms with Crippen LogP contribution < -0.4 is 10.9 Å². The van der Waals surface area contributed by atoms with Crippen LogP contribution in [0.2, 0.25) is 0 Å². The Morgan fingerprint density at radius 1 is 1.62 bits per heavy atom. The minimum atomic E-state index is -0.0324. The van der Waals surface area contributed by atoms with Crippen molar-refractivity contribution in [3.05, 3.63) is 28.4 Å². The molecule has 0 aliphatic carbocycles. The van der Waals surface area contributed by atoms with Crippen LogP contribution in [0.25, 0.3) is 0 Å². The molecular weight excluding hydrogens is 186 g/mol. The third-order valence-corrected chi connectivity index (χ3v) is 3.10. The molecule has 0 bridgehead atoms. The summed E-state index contributed by atoms with van der Waals surface area (Å²) < 4.78 is 0. The molecule has 0 saturated carbocycles. The molecule has 0 radical (unpaired) electrons. The molecule has 1 atom stereocenters. The van der Waals surface area contributed by atoms with Gasteiger partial charge in [0.2, 0.25) is 0 Å². The van der Waals surface area contributed by atoms with Crippen molar-refractivity contribution in [1.82, 2.24) is 15.3 Å². The summed E-state index contributed by atoms with van der Waals surface area (Å²) in [6, 6.07) is 0.163. The fraction of sp³-hybridized carbons (Fsp3) is 0.500. The third kappa shape index (κ3) is 1.92. The molecule has 1 aromatic heterocycles. The molecule has 5 heteroatoms. The largest absolute Gasteiger partial charge is 0.313 e. The van der Waals surface area contributed by atoms with Crippen LogP contribution in [0.15, 0.2) is 17.3 Å². The molecule has 1 aromatic rings. The lowest BCUT2D eigenvalue weighted by molar-refractivity contribution is 0.586. The Bertz CT molecular complexity index is 332. The Balaban J connectivity index is 2.24. The molecule has 70 valence electrons. The number of nitrogens with zero attached hydrogens (tertiary/aromatic N) is 1. The van der Waals surface area contributed by atoms with Gasteiger partial charge in [-0.1, -0.05) is 0 Å². The molecular formula is C8H11N3OS. The van der Waals surface area contributed by atoms with Crippen LogP contribution in [0, 0.1) is 0 Å². The van der Waals surface area contributed by atoms with Crippen LogP contribution in [-0.4, -0.2) is 28.0 Å². The molecule has 2 heterocycles. The molecule has 1 aliphatic rings. The fourth-order valence-electron chi connectivity index (χ4n) is 1.37. The second-order valence-electron chi connectivity index (χ2n) is 2.92. The summed E-state index contributed by atoms with van der Waals surface area (Å²) >= 11 is 1.86. The van der Waals surface area contributed by atoms with Crippen molar-refractivity contribution in [2.75, 3.05) is 18.1 Å². The van der Waals surface area contributed by atoms with Crippen molar-refractivity contribution < 1.29 is 0 Å². The zero-order valence-electron chi connectivity index (χ0n) is 7.12. The van der Waals surface area contributed by atoms with Crippen molar-refractivity contribution in [2.24, 2.45) is 0 Å². The first kappa shape index (κ1) is 8.77. The Morgan fingerprint density at radius 2 is 2.54 bits per heavy atom. The van der Waals surface area contributed by atoms with E-state index in [1.807, 2.05) is 11.8 Å². The van der Waals surface area contributed by atoms with E-state index in [-0.39, 0.29) is 11.6 Å². The van der Waals surface area contributed by atoms with Crippen LogP contribution in [0.4, 0.5) is 0 Å². The lowest BCUT2D eigenvalue weighted by Gasteiger charge is -2.22. The Labute approximate surface area is 80.2 Å². The lowest BCUT2D eigenvalue weighted by atomic mass is 10.2. The second kappa shape index (κ2) is 3.93. The topological polar surface area (TPSA) is 57.8 Å². The zero-order chi connectivity index (χ0) is 9.10. The van der Waals surface area contributed by atoms with Crippen LogP contribution in [0.5, 0.6) is 0 Å². The summed E-state index contributed by atoms with van der Waals surface area (Å²) in [5.41, 5.74) is 0.713. The van der Waals surface area contributed by atoms with Gasteiger partial charge >= 0.3 is 0 Å². The van der Waals surface area contributed by atoms with Crippen molar-refractivity contribution in [1.29, 1.82) is 0 Å². The maximum Gasteiger partial charge on any atom is 0.255 e. The van der Waals surface area contributed by atoms with E-state index in [0.717, 1.165) is 23.6 Å². The summed E-state index contributed by atoms with van der Waals surface area (Å²) in [5, 5.41) is 3.30. The maximum atomic E-state index is 11.4. The standard InChI is InChI=1S/C8H11N3OS/c12-8-6(3-9-5-11-8)7-4-13-2-1-10-7/h3,5,7,10H,1-2,4H2,(H,9,11,12). The molecule has 13 heavy (non-hydrogen) atoms. The number of H-pyrrole nitrogens is 1. The van der Waals surface area contributed by atoms with Crippen LogP contribution >= 0.6 is 11.8 Å². The molecule has 1 fully saturated rings. The van der Waals surface area contributed by atoms with Gasteiger partial charge in [-0.3, -0.25) is 4.79 Å². The average Bonchev–Trinajstić information content (AvgIpc) is 2.20. The normalized spacial score (nSPS) is 22.9. The number of hydrogen-bond acceptors (Lipinski definition) is 4. The smallest absolute Gasteiger partial charge is 0.255 e. The highest BCUT2D eigenvalue weighted by Gasteiger charge is 2.17. The molecule has 1 aliphatic heterocycles. The monoisotopic (exact) mass is 197 g/mol. The molecule has 1 saturated heterocycles. The molecule has 0 amide bonds. The van der Waals surface area contributed by atoms with E-state index in [0.29, 0.717) is 0 Å². The third-order valence-electron chi connectivity index (χ3n) is 2.04. The van der Waals surface area contributed by atoms with Crippen molar-refractivity contribution >= 4 is 11.8 Å². The quantitative estimate of drug-likeness (QED) is 0.672. The number of thioether (sulfide) groups is 1. The Kier molecular flexibility index (Phi) is 2.65. The first-order valence-electron chi connectivity index (χ1n) is 4.21. The SMILES string of the molecule is O=c1[nH]cncc1C1CSCCN1. The highest BCUT2D eigenvalue weighted by molar-refractivity contribution is 7.99. The van der Waals surface area contributed by atoms with Gasteiger partial charge in [0.1, 0.15) is 0 Å². The van der Waals surface area contributed by atoms with Gasteiger partial charge in [0, 0.05) is 30.3 Å². The van der Waals surface area contributed by atoms with E-state index < -0.39 is 0 Å². The van der Waals surface area contributed by atoms with E-state index in [2.05, 4.69) is 15.3 Å². The van der Waals surface area contributed by atoms with Gasteiger partial charge in [0.05, 0.1) is 11.9 Å².